The van der Waals surface area contributed by atoms with Crippen molar-refractivity contribution in [2.75, 3.05) is 16.0 Å². The van der Waals surface area contributed by atoms with E-state index in [1.807, 2.05) is 57.4 Å². The van der Waals surface area contributed by atoms with Crippen molar-refractivity contribution in [3.63, 3.8) is 0 Å². The Balaban J connectivity index is 1.58. The van der Waals surface area contributed by atoms with Gasteiger partial charge in [-0.1, -0.05) is 31.7 Å². The van der Waals surface area contributed by atoms with Crippen LogP contribution in [0.5, 0.6) is 0 Å². The first-order valence-corrected chi connectivity index (χ1v) is 13.1. The van der Waals surface area contributed by atoms with Crippen molar-refractivity contribution in [2.24, 2.45) is 5.92 Å². The highest BCUT2D eigenvalue weighted by Gasteiger charge is 2.21. The molecule has 37 heavy (non-hydrogen) atoms. The monoisotopic (exact) mass is 522 g/mol. The molecule has 2 aromatic carbocycles. The molecular weight excluding hydrogens is 488 g/mol. The number of nitrogens with zero attached hydrogens (tertiary/aromatic N) is 3. The second-order valence-corrected chi connectivity index (χ2v) is 10.4. The van der Waals surface area contributed by atoms with Crippen LogP contribution in [0.3, 0.4) is 0 Å². The van der Waals surface area contributed by atoms with Gasteiger partial charge >= 0.3 is 0 Å². The maximum Gasteiger partial charge on any atom is 0.237 e. The van der Waals surface area contributed by atoms with Crippen molar-refractivity contribution in [2.45, 2.75) is 64.9 Å². The second kappa shape index (κ2) is 12.5. The summed E-state index contributed by atoms with van der Waals surface area (Å²) in [5.41, 5.74) is 4.31. The Kier molecular flexibility index (Phi) is 9.46. The number of hydrogen-bond acceptors (Lipinski definition) is 6. The number of anilines is 3. The molecule has 0 aliphatic rings. The molecule has 3 N–H and O–H groups in total. The van der Waals surface area contributed by atoms with E-state index in [2.05, 4.69) is 26.1 Å². The Morgan fingerprint density at radius 3 is 2.00 bits per heavy atom. The average molecular weight is 523 g/mol. The minimum absolute atomic E-state index is 0.0658. The smallest absolute Gasteiger partial charge is 0.237 e. The second-order valence-electron chi connectivity index (χ2n) is 9.14. The Morgan fingerprint density at radius 1 is 0.838 bits per heavy atom. The van der Waals surface area contributed by atoms with E-state index in [0.717, 1.165) is 16.8 Å². The molecule has 10 heteroatoms. The molecule has 0 saturated carbocycles. The van der Waals surface area contributed by atoms with Gasteiger partial charge in [-0.15, -0.1) is 10.2 Å². The highest BCUT2D eigenvalue weighted by atomic mass is 32.2. The molecule has 1 unspecified atom stereocenters. The zero-order chi connectivity index (χ0) is 27.1. The summed E-state index contributed by atoms with van der Waals surface area (Å²) in [6, 6.07) is 12.8. The van der Waals surface area contributed by atoms with Gasteiger partial charge in [-0.05, 0) is 75.2 Å². The molecular formula is C27H34N6O3S. The van der Waals surface area contributed by atoms with Crippen LogP contribution in [0.15, 0.2) is 47.6 Å². The van der Waals surface area contributed by atoms with Crippen molar-refractivity contribution in [1.82, 2.24) is 14.8 Å². The number of amides is 3. The fourth-order valence-electron chi connectivity index (χ4n) is 3.40. The summed E-state index contributed by atoms with van der Waals surface area (Å²) in [5, 5.41) is 17.2. The number of thioether (sulfide) groups is 1. The van der Waals surface area contributed by atoms with Gasteiger partial charge in [0.25, 0.3) is 0 Å². The molecule has 1 aromatic heterocycles. The van der Waals surface area contributed by atoms with Crippen LogP contribution in [0.2, 0.25) is 0 Å². The van der Waals surface area contributed by atoms with Crippen LogP contribution in [0.25, 0.3) is 0 Å². The van der Waals surface area contributed by atoms with E-state index in [9.17, 15) is 14.4 Å². The molecule has 0 aliphatic heterocycles. The number of carbonyl (C=O) groups excluding carboxylic acids is 3. The summed E-state index contributed by atoms with van der Waals surface area (Å²) in [6.45, 7) is 12.0. The van der Waals surface area contributed by atoms with Crippen LogP contribution in [-0.2, 0) is 27.3 Å². The third-order valence-corrected chi connectivity index (χ3v) is 6.90. The van der Waals surface area contributed by atoms with Gasteiger partial charge in [0.2, 0.25) is 17.7 Å². The fraction of sp³-hybridized carbons (Fsp3) is 0.370. The maximum absolute atomic E-state index is 12.8. The van der Waals surface area contributed by atoms with Gasteiger partial charge in [-0.3, -0.25) is 14.4 Å². The summed E-state index contributed by atoms with van der Waals surface area (Å²) in [4.78, 5) is 37.2. The van der Waals surface area contributed by atoms with E-state index in [1.54, 1.807) is 31.2 Å². The lowest BCUT2D eigenvalue weighted by Gasteiger charge is -2.13. The number of hydrogen-bond donors (Lipinski definition) is 3. The number of benzene rings is 2. The molecule has 0 radical (unpaired) electrons. The predicted molar refractivity (Wildman–Crippen MR) is 148 cm³/mol. The van der Waals surface area contributed by atoms with Crippen LogP contribution in [0.4, 0.5) is 17.1 Å². The van der Waals surface area contributed by atoms with Crippen LogP contribution in [0.1, 0.15) is 44.6 Å². The fourth-order valence-corrected chi connectivity index (χ4v) is 4.33. The molecule has 1 heterocycles. The average Bonchev–Trinajstić information content (AvgIpc) is 3.22. The largest absolute Gasteiger partial charge is 0.326 e. The third-order valence-electron chi connectivity index (χ3n) is 5.81. The summed E-state index contributed by atoms with van der Waals surface area (Å²) >= 11 is 1.28. The van der Waals surface area contributed by atoms with Crippen molar-refractivity contribution in [3.05, 3.63) is 59.4 Å². The van der Waals surface area contributed by atoms with Crippen LogP contribution < -0.4 is 16.0 Å². The SMILES string of the molecule is CCn1c(CC(=O)Nc2ccc(C)c(C)c2)nnc1SC(C)C(=O)Nc1ccc(NC(=O)C(C)C)cc1. The quantitative estimate of drug-likeness (QED) is 0.329. The lowest BCUT2D eigenvalue weighted by molar-refractivity contribution is -0.119. The highest BCUT2D eigenvalue weighted by molar-refractivity contribution is 8.00. The molecule has 3 amide bonds. The van der Waals surface area contributed by atoms with E-state index >= 15 is 0 Å². The third kappa shape index (κ3) is 7.66. The minimum Gasteiger partial charge on any atom is -0.326 e. The van der Waals surface area contributed by atoms with Gasteiger partial charge < -0.3 is 20.5 Å². The zero-order valence-electron chi connectivity index (χ0n) is 22.1. The highest BCUT2D eigenvalue weighted by Crippen LogP contribution is 2.24. The van der Waals surface area contributed by atoms with E-state index < -0.39 is 5.25 Å². The summed E-state index contributed by atoms with van der Waals surface area (Å²) in [6.07, 6.45) is 0.0780. The molecule has 3 rings (SSSR count). The summed E-state index contributed by atoms with van der Waals surface area (Å²) in [5.74, 6) is -0.0129. The summed E-state index contributed by atoms with van der Waals surface area (Å²) < 4.78 is 1.85. The van der Waals surface area contributed by atoms with Crippen LogP contribution >= 0.6 is 11.8 Å². The van der Waals surface area contributed by atoms with Gasteiger partial charge in [0.05, 0.1) is 11.7 Å². The first-order chi connectivity index (χ1) is 17.6. The van der Waals surface area contributed by atoms with Gasteiger partial charge in [0, 0.05) is 29.5 Å². The first-order valence-electron chi connectivity index (χ1n) is 12.2. The van der Waals surface area contributed by atoms with Gasteiger partial charge in [0.1, 0.15) is 5.82 Å². The number of carbonyl (C=O) groups is 3. The van der Waals surface area contributed by atoms with Crippen LogP contribution in [0, 0.1) is 19.8 Å². The molecule has 0 fully saturated rings. The lowest BCUT2D eigenvalue weighted by atomic mass is 10.1. The van der Waals surface area contributed by atoms with E-state index in [0.29, 0.717) is 28.9 Å². The molecule has 3 aromatic rings. The lowest BCUT2D eigenvalue weighted by Crippen LogP contribution is -2.23. The first kappa shape index (κ1) is 27.9. The molecule has 1 atom stereocenters. The van der Waals surface area contributed by atoms with Crippen molar-refractivity contribution < 1.29 is 14.4 Å². The van der Waals surface area contributed by atoms with Gasteiger partial charge in [-0.2, -0.15) is 0 Å². The van der Waals surface area contributed by atoms with Crippen LogP contribution in [-0.4, -0.2) is 37.7 Å². The zero-order valence-corrected chi connectivity index (χ0v) is 22.9. The molecule has 196 valence electrons. The molecule has 0 spiro atoms. The Hall–Kier alpha value is -3.66. The molecule has 9 nitrogen and oxygen atoms in total. The Bertz CT molecular complexity index is 1270. The number of aromatic nitrogens is 3. The number of nitrogens with one attached hydrogen (secondary N) is 3. The van der Waals surface area contributed by atoms with E-state index in [1.165, 1.54) is 11.8 Å². The van der Waals surface area contributed by atoms with Gasteiger partial charge in [0.15, 0.2) is 5.16 Å². The van der Waals surface area contributed by atoms with E-state index in [-0.39, 0.29) is 30.1 Å². The topological polar surface area (TPSA) is 118 Å². The van der Waals surface area contributed by atoms with E-state index in [4.69, 9.17) is 0 Å². The Morgan fingerprint density at radius 2 is 1.43 bits per heavy atom. The normalized spacial score (nSPS) is 11.8. The predicted octanol–water partition coefficient (Wildman–Crippen LogP) is 4.81. The van der Waals surface area contributed by atoms with Crippen molar-refractivity contribution in [1.29, 1.82) is 0 Å². The minimum atomic E-state index is -0.452. The standard InChI is InChI=1S/C27H34N6O3S/c1-7-33-23(15-24(34)28-22-9-8-17(4)18(5)14-22)31-32-27(33)37-19(6)26(36)30-21-12-10-20(11-13-21)29-25(35)16(2)3/h8-14,16,19H,7,15H2,1-6H3,(H,28,34)(H,29,35)(H,30,36). The molecule has 0 bridgehead atoms. The molecule has 0 saturated heterocycles. The number of aryl methyl sites for hydroxylation is 2. The Labute approximate surface area is 221 Å². The van der Waals surface area contributed by atoms with Crippen molar-refractivity contribution >= 4 is 46.5 Å². The maximum atomic E-state index is 12.8. The van der Waals surface area contributed by atoms with Crippen molar-refractivity contribution in [3.8, 4) is 0 Å². The summed E-state index contributed by atoms with van der Waals surface area (Å²) in [7, 11) is 0. The van der Waals surface area contributed by atoms with Gasteiger partial charge in [-0.25, -0.2) is 0 Å². The number of rotatable bonds is 10. The molecule has 0 aliphatic carbocycles.